The summed E-state index contributed by atoms with van der Waals surface area (Å²) in [4.78, 5) is 37.5. The number of epoxide rings is 1. The molecule has 55 heavy (non-hydrogen) atoms. The van der Waals surface area contributed by atoms with Crippen LogP contribution in [0.3, 0.4) is 0 Å². The minimum atomic E-state index is -4.64. The van der Waals surface area contributed by atoms with Crippen molar-refractivity contribution >= 4 is 19.8 Å². The highest BCUT2D eigenvalue weighted by molar-refractivity contribution is 7.45. The van der Waals surface area contributed by atoms with Crippen molar-refractivity contribution in [3.63, 3.8) is 0 Å². The zero-order chi connectivity index (χ0) is 40.5. The number of likely N-dealkylation sites (N-methyl/N-ethyl adjacent to an activating group) is 1. The maximum Gasteiger partial charge on any atom is 0.306 e. The van der Waals surface area contributed by atoms with Gasteiger partial charge in [-0.25, -0.2) is 0 Å². The molecule has 1 fully saturated rings. The molecule has 10 nitrogen and oxygen atoms in total. The average Bonchev–Trinajstić information content (AvgIpc) is 3.89. The van der Waals surface area contributed by atoms with Crippen LogP contribution in [0.4, 0.5) is 0 Å². The number of rotatable bonds is 37. The van der Waals surface area contributed by atoms with Gasteiger partial charge in [-0.05, 0) is 70.6 Å². The summed E-state index contributed by atoms with van der Waals surface area (Å²) in [6, 6.07) is 0. The van der Waals surface area contributed by atoms with E-state index in [1.54, 1.807) is 0 Å². The van der Waals surface area contributed by atoms with Gasteiger partial charge in [-0.1, -0.05) is 120 Å². The number of carbonyl (C=O) groups is 2. The number of ether oxygens (including phenoxy) is 3. The van der Waals surface area contributed by atoms with Crippen LogP contribution < -0.4 is 4.89 Å². The minimum absolute atomic E-state index is 0.0414. The third kappa shape index (κ3) is 33.8. The monoisotopic (exact) mass is 796 g/mol. The molecule has 0 aromatic carbocycles. The quantitative estimate of drug-likeness (QED) is 0.0151. The molecule has 3 unspecified atom stereocenters. The van der Waals surface area contributed by atoms with E-state index in [1.165, 1.54) is 19.3 Å². The molecule has 0 radical (unpaired) electrons. The van der Waals surface area contributed by atoms with E-state index in [0.29, 0.717) is 36.1 Å². The first kappa shape index (κ1) is 50.9. The normalized spacial score (nSPS) is 17.8. The molecule has 318 valence electrons. The first-order valence-electron chi connectivity index (χ1n) is 21.5. The lowest BCUT2D eigenvalue weighted by Gasteiger charge is -2.28. The summed E-state index contributed by atoms with van der Waals surface area (Å²) in [5.41, 5.74) is 0. The highest BCUT2D eigenvalue weighted by Crippen LogP contribution is 2.38. The van der Waals surface area contributed by atoms with Gasteiger partial charge in [0.15, 0.2) is 6.10 Å². The molecule has 0 aromatic rings. The second kappa shape index (κ2) is 33.0. The topological polar surface area (TPSA) is 124 Å². The Morgan fingerprint density at radius 3 is 1.95 bits per heavy atom. The van der Waals surface area contributed by atoms with Crippen molar-refractivity contribution in [3.05, 3.63) is 48.6 Å². The van der Waals surface area contributed by atoms with Gasteiger partial charge in [0.2, 0.25) is 0 Å². The smallest absolute Gasteiger partial charge is 0.306 e. The molecule has 1 aliphatic heterocycles. The van der Waals surface area contributed by atoms with E-state index in [2.05, 4.69) is 62.5 Å². The molecule has 0 bridgehead atoms. The Bertz CT molecular complexity index is 1150. The van der Waals surface area contributed by atoms with Crippen LogP contribution in [0.5, 0.6) is 0 Å². The lowest BCUT2D eigenvalue weighted by Crippen LogP contribution is -2.37. The lowest BCUT2D eigenvalue weighted by molar-refractivity contribution is -0.870. The van der Waals surface area contributed by atoms with E-state index in [4.69, 9.17) is 23.3 Å². The lowest BCUT2D eigenvalue weighted by atomic mass is 10.1. The number of allylic oxidation sites excluding steroid dienone is 7. The number of esters is 2. The van der Waals surface area contributed by atoms with Gasteiger partial charge in [0.05, 0.1) is 40.0 Å². The van der Waals surface area contributed by atoms with Crippen molar-refractivity contribution < 1.29 is 46.8 Å². The van der Waals surface area contributed by atoms with Crippen LogP contribution in [0.15, 0.2) is 48.6 Å². The second-order valence-corrected chi connectivity index (χ2v) is 17.1. The summed E-state index contributed by atoms with van der Waals surface area (Å²) in [6.45, 7) is 4.02. The molecule has 0 spiro atoms. The molecule has 0 N–H and O–H groups in total. The van der Waals surface area contributed by atoms with E-state index in [0.717, 1.165) is 96.3 Å². The third-order valence-electron chi connectivity index (χ3n) is 9.26. The third-order valence-corrected chi connectivity index (χ3v) is 10.2. The Balaban J connectivity index is 2.31. The van der Waals surface area contributed by atoms with Gasteiger partial charge in [0.1, 0.15) is 19.8 Å². The Morgan fingerprint density at radius 2 is 1.27 bits per heavy atom. The van der Waals surface area contributed by atoms with Gasteiger partial charge < -0.3 is 32.6 Å². The van der Waals surface area contributed by atoms with Crippen molar-refractivity contribution in [2.75, 3.05) is 47.5 Å². The Labute approximate surface area is 335 Å². The largest absolute Gasteiger partial charge is 0.756 e. The maximum atomic E-state index is 12.7. The van der Waals surface area contributed by atoms with Crippen molar-refractivity contribution in [2.24, 2.45) is 0 Å². The first-order valence-corrected chi connectivity index (χ1v) is 22.9. The van der Waals surface area contributed by atoms with Gasteiger partial charge in [-0.2, -0.15) is 0 Å². The predicted octanol–water partition coefficient (Wildman–Crippen LogP) is 10.3. The van der Waals surface area contributed by atoms with Gasteiger partial charge in [0.25, 0.3) is 7.82 Å². The van der Waals surface area contributed by atoms with Crippen LogP contribution >= 0.6 is 7.82 Å². The van der Waals surface area contributed by atoms with Crippen LogP contribution in [-0.2, 0) is 37.4 Å². The van der Waals surface area contributed by atoms with E-state index in [9.17, 15) is 19.0 Å². The molecule has 0 saturated carbocycles. The maximum absolute atomic E-state index is 12.7. The number of nitrogens with zero attached hydrogens (tertiary/aromatic N) is 1. The van der Waals surface area contributed by atoms with Crippen LogP contribution in [0.1, 0.15) is 155 Å². The number of hydrogen-bond donors (Lipinski definition) is 0. The van der Waals surface area contributed by atoms with E-state index in [1.807, 2.05) is 21.1 Å². The fourth-order valence-electron chi connectivity index (χ4n) is 5.79. The van der Waals surface area contributed by atoms with Crippen LogP contribution in [0.2, 0.25) is 0 Å². The van der Waals surface area contributed by atoms with Crippen LogP contribution in [0.25, 0.3) is 0 Å². The molecular formula is C44H78NO9P. The van der Waals surface area contributed by atoms with Crippen LogP contribution in [0, 0.1) is 0 Å². The molecule has 0 aromatic heterocycles. The Hall–Kier alpha value is -2.07. The first-order chi connectivity index (χ1) is 26.5. The Kier molecular flexibility index (Phi) is 30.5. The van der Waals surface area contributed by atoms with E-state index < -0.39 is 32.5 Å². The summed E-state index contributed by atoms with van der Waals surface area (Å²) in [5.74, 6) is -0.882. The standard InChI is InChI=1S/C44H78NO9P/c1-6-8-10-12-14-15-16-17-18-19-20-21-22-26-31-35-44(47)53-40(39-52-55(48,49)51-37-36-45(3,4)5)38-50-43(46)34-30-27-23-25-29-33-42-41(54-42)32-28-24-13-11-9-7-2/h8,10,14-15,17-18,24,28,40-42H,6-7,9,11-13,16,19-23,25-27,29-39H2,1-5H3/b10-8-,15-14-,18-17-,28-24-/t40-,41?,42?/m1/s1. The van der Waals surface area contributed by atoms with Gasteiger partial charge in [-0.15, -0.1) is 0 Å². The summed E-state index contributed by atoms with van der Waals surface area (Å²) >= 11 is 0. The SMILES string of the molecule is CC/C=C\C/C=C\C/C=C\CCCCCCCC(=O)O[C@H](COC(=O)CCCCCCCC1OC1C/C=C\CCCCC)COP(=O)([O-])OCC[N+](C)(C)C. The number of phosphoric ester groups is 1. The molecule has 1 aliphatic rings. The number of quaternary nitrogens is 1. The summed E-state index contributed by atoms with van der Waals surface area (Å²) in [5, 5.41) is 0. The van der Waals surface area contributed by atoms with Crippen molar-refractivity contribution in [1.29, 1.82) is 0 Å². The molecule has 1 rings (SSSR count). The molecule has 1 saturated heterocycles. The van der Waals surface area contributed by atoms with Crippen molar-refractivity contribution in [2.45, 2.75) is 173 Å². The Morgan fingerprint density at radius 1 is 0.691 bits per heavy atom. The average molecular weight is 796 g/mol. The number of carbonyl (C=O) groups excluding carboxylic acids is 2. The van der Waals surface area contributed by atoms with E-state index in [-0.39, 0.29) is 26.1 Å². The minimum Gasteiger partial charge on any atom is -0.756 e. The summed E-state index contributed by atoms with van der Waals surface area (Å²) in [7, 11) is 1.13. The highest BCUT2D eigenvalue weighted by Gasteiger charge is 2.36. The van der Waals surface area contributed by atoms with Crippen molar-refractivity contribution in [3.8, 4) is 0 Å². The van der Waals surface area contributed by atoms with Gasteiger partial charge >= 0.3 is 11.9 Å². The van der Waals surface area contributed by atoms with Gasteiger partial charge in [0, 0.05) is 12.8 Å². The molecule has 1 heterocycles. The molecule has 11 heteroatoms. The second-order valence-electron chi connectivity index (χ2n) is 15.7. The van der Waals surface area contributed by atoms with E-state index >= 15 is 0 Å². The number of unbranched alkanes of at least 4 members (excludes halogenated alkanes) is 12. The molecule has 0 amide bonds. The fraction of sp³-hybridized carbons (Fsp3) is 0.773. The number of phosphoric acid groups is 1. The zero-order valence-electron chi connectivity index (χ0n) is 35.3. The fourth-order valence-corrected chi connectivity index (χ4v) is 6.52. The predicted molar refractivity (Wildman–Crippen MR) is 221 cm³/mol. The molecule has 4 atom stereocenters. The number of hydrogen-bond acceptors (Lipinski definition) is 9. The van der Waals surface area contributed by atoms with Crippen LogP contribution in [-0.4, -0.2) is 82.2 Å². The highest BCUT2D eigenvalue weighted by atomic mass is 31.2. The summed E-state index contributed by atoms with van der Waals surface area (Å²) in [6.07, 6.45) is 38.7. The molecular weight excluding hydrogens is 717 g/mol. The summed E-state index contributed by atoms with van der Waals surface area (Å²) < 4.78 is 39.7. The zero-order valence-corrected chi connectivity index (χ0v) is 36.2. The van der Waals surface area contributed by atoms with Gasteiger partial charge in [-0.3, -0.25) is 14.2 Å². The van der Waals surface area contributed by atoms with Crippen molar-refractivity contribution in [1.82, 2.24) is 0 Å². The molecule has 0 aliphatic carbocycles.